The molecule has 0 bridgehead atoms. The molecule has 0 radical (unpaired) electrons. The van der Waals surface area contributed by atoms with Crippen molar-refractivity contribution < 1.29 is 14.1 Å². The van der Waals surface area contributed by atoms with Crippen LogP contribution < -0.4 is 10.6 Å². The summed E-state index contributed by atoms with van der Waals surface area (Å²) in [5.41, 5.74) is 0.440. The Morgan fingerprint density at radius 2 is 2.00 bits per heavy atom. The zero-order chi connectivity index (χ0) is 21.3. The molecule has 1 aromatic heterocycles. The number of aliphatic imine (C=N–C) groups is 1. The summed E-state index contributed by atoms with van der Waals surface area (Å²) in [6, 6.07) is 1.94. The van der Waals surface area contributed by atoms with Crippen LogP contribution in [-0.4, -0.2) is 54.4 Å². The van der Waals surface area contributed by atoms with Crippen LogP contribution in [0.15, 0.2) is 15.6 Å². The first-order valence-electron chi connectivity index (χ1n) is 9.93. The molecule has 0 saturated carbocycles. The number of guanidine groups is 1. The van der Waals surface area contributed by atoms with E-state index in [0.29, 0.717) is 31.5 Å². The van der Waals surface area contributed by atoms with Crippen LogP contribution >= 0.6 is 0 Å². The number of hydrogen-bond donors (Lipinski definition) is 2. The summed E-state index contributed by atoms with van der Waals surface area (Å²) in [5.74, 6) is 1.99. The van der Waals surface area contributed by atoms with Crippen LogP contribution in [0.4, 0.5) is 4.79 Å². The zero-order valence-electron chi connectivity index (χ0n) is 18.6. The lowest BCUT2D eigenvalue weighted by Crippen LogP contribution is -2.42. The Kier molecular flexibility index (Phi) is 9.28. The number of nitrogens with zero attached hydrogens (tertiary/aromatic N) is 3. The molecule has 1 heterocycles. The minimum atomic E-state index is -0.492. The van der Waals surface area contributed by atoms with Crippen molar-refractivity contribution in [2.75, 3.05) is 26.7 Å². The van der Waals surface area contributed by atoms with Gasteiger partial charge in [0, 0.05) is 32.7 Å². The van der Waals surface area contributed by atoms with Crippen LogP contribution in [0, 0.1) is 5.92 Å². The van der Waals surface area contributed by atoms with Gasteiger partial charge in [-0.25, -0.2) is 9.79 Å². The maximum Gasteiger partial charge on any atom is 0.410 e. The van der Waals surface area contributed by atoms with Gasteiger partial charge in [-0.3, -0.25) is 0 Å². The molecule has 1 aromatic rings. The SMILES string of the molecule is CCNC(=NCc1cc(C(C)C)no1)NCC(C)CN(C)C(=O)OC(C)(C)C. The average Bonchev–Trinajstić information content (AvgIpc) is 3.05. The summed E-state index contributed by atoms with van der Waals surface area (Å²) in [5, 5.41) is 10.6. The lowest BCUT2D eigenvalue weighted by Gasteiger charge is -2.26. The van der Waals surface area contributed by atoms with E-state index in [2.05, 4.69) is 41.6 Å². The third-order valence-electron chi connectivity index (χ3n) is 3.81. The Labute approximate surface area is 169 Å². The molecular formula is C20H37N5O3. The maximum atomic E-state index is 12.1. The largest absolute Gasteiger partial charge is 0.444 e. The lowest BCUT2D eigenvalue weighted by molar-refractivity contribution is 0.0278. The quantitative estimate of drug-likeness (QED) is 0.518. The molecule has 0 aliphatic rings. The molecule has 1 unspecified atom stereocenters. The van der Waals surface area contributed by atoms with Crippen molar-refractivity contribution in [3.63, 3.8) is 0 Å². The number of hydrogen-bond acceptors (Lipinski definition) is 5. The Morgan fingerprint density at radius 3 is 2.54 bits per heavy atom. The highest BCUT2D eigenvalue weighted by atomic mass is 16.6. The first-order valence-corrected chi connectivity index (χ1v) is 9.93. The molecular weight excluding hydrogens is 358 g/mol. The first-order chi connectivity index (χ1) is 13.0. The van der Waals surface area contributed by atoms with Gasteiger partial charge in [-0.2, -0.15) is 0 Å². The predicted octanol–water partition coefficient (Wildman–Crippen LogP) is 3.36. The fourth-order valence-corrected chi connectivity index (χ4v) is 2.39. The van der Waals surface area contributed by atoms with E-state index < -0.39 is 5.60 Å². The van der Waals surface area contributed by atoms with Crippen LogP contribution in [0.25, 0.3) is 0 Å². The van der Waals surface area contributed by atoms with Gasteiger partial charge >= 0.3 is 6.09 Å². The number of carbonyl (C=O) groups is 1. The normalized spacial score (nSPS) is 13.4. The minimum Gasteiger partial charge on any atom is -0.444 e. The van der Waals surface area contributed by atoms with Crippen molar-refractivity contribution in [1.29, 1.82) is 0 Å². The van der Waals surface area contributed by atoms with Crippen molar-refractivity contribution in [3.05, 3.63) is 17.5 Å². The second kappa shape index (κ2) is 10.9. The van der Waals surface area contributed by atoms with Crippen molar-refractivity contribution >= 4 is 12.1 Å². The van der Waals surface area contributed by atoms with E-state index >= 15 is 0 Å². The fraction of sp³-hybridized carbons (Fsp3) is 0.750. The predicted molar refractivity (Wildman–Crippen MR) is 111 cm³/mol. The second-order valence-electron chi connectivity index (χ2n) is 8.41. The molecule has 28 heavy (non-hydrogen) atoms. The summed E-state index contributed by atoms with van der Waals surface area (Å²) in [4.78, 5) is 18.2. The van der Waals surface area contributed by atoms with Gasteiger partial charge < -0.3 is 24.8 Å². The minimum absolute atomic E-state index is 0.221. The average molecular weight is 396 g/mol. The molecule has 1 rings (SSSR count). The highest BCUT2D eigenvalue weighted by Gasteiger charge is 2.20. The van der Waals surface area contributed by atoms with Crippen LogP contribution in [0.2, 0.25) is 0 Å². The summed E-state index contributed by atoms with van der Waals surface area (Å²) < 4.78 is 10.7. The second-order valence-corrected chi connectivity index (χ2v) is 8.41. The summed E-state index contributed by atoms with van der Waals surface area (Å²) >= 11 is 0. The number of amides is 1. The third-order valence-corrected chi connectivity index (χ3v) is 3.81. The van der Waals surface area contributed by atoms with E-state index in [0.717, 1.165) is 18.0 Å². The summed E-state index contributed by atoms with van der Waals surface area (Å²) in [7, 11) is 1.75. The number of carbonyl (C=O) groups excluding carboxylic acids is 1. The van der Waals surface area contributed by atoms with Gasteiger partial charge in [-0.1, -0.05) is 25.9 Å². The Balaban J connectivity index is 2.53. The van der Waals surface area contributed by atoms with Gasteiger partial charge in [0.15, 0.2) is 11.7 Å². The van der Waals surface area contributed by atoms with Crippen molar-refractivity contribution in [2.24, 2.45) is 10.9 Å². The first kappa shape index (κ1) is 23.8. The van der Waals surface area contributed by atoms with Crippen molar-refractivity contribution in [3.8, 4) is 0 Å². The molecule has 0 spiro atoms. The topological polar surface area (TPSA) is 92.0 Å². The monoisotopic (exact) mass is 395 g/mol. The zero-order valence-corrected chi connectivity index (χ0v) is 18.6. The van der Waals surface area contributed by atoms with Crippen LogP contribution in [0.5, 0.6) is 0 Å². The molecule has 0 aromatic carbocycles. The van der Waals surface area contributed by atoms with E-state index in [1.165, 1.54) is 0 Å². The van der Waals surface area contributed by atoms with E-state index in [9.17, 15) is 4.79 Å². The van der Waals surface area contributed by atoms with E-state index in [4.69, 9.17) is 9.26 Å². The van der Waals surface area contributed by atoms with Gasteiger partial charge in [0.05, 0.1) is 5.69 Å². The van der Waals surface area contributed by atoms with E-state index in [1.807, 2.05) is 33.8 Å². The molecule has 160 valence electrons. The highest BCUT2D eigenvalue weighted by molar-refractivity contribution is 5.79. The number of rotatable bonds is 8. The van der Waals surface area contributed by atoms with E-state index in [1.54, 1.807) is 11.9 Å². The number of aromatic nitrogens is 1. The molecule has 8 nitrogen and oxygen atoms in total. The Hall–Kier alpha value is -2.25. The number of ether oxygens (including phenoxy) is 1. The lowest BCUT2D eigenvalue weighted by atomic mass is 10.1. The molecule has 1 amide bonds. The molecule has 0 fully saturated rings. The van der Waals surface area contributed by atoms with Gasteiger partial charge in [0.1, 0.15) is 12.1 Å². The fourth-order valence-electron chi connectivity index (χ4n) is 2.39. The van der Waals surface area contributed by atoms with Crippen molar-refractivity contribution in [2.45, 2.75) is 66.5 Å². The Bertz CT molecular complexity index is 634. The van der Waals surface area contributed by atoms with Gasteiger partial charge in [0.2, 0.25) is 0 Å². The summed E-state index contributed by atoms with van der Waals surface area (Å²) in [6.07, 6.45) is -0.314. The van der Waals surface area contributed by atoms with Crippen LogP contribution in [0.1, 0.15) is 65.8 Å². The smallest absolute Gasteiger partial charge is 0.410 e. The van der Waals surface area contributed by atoms with Gasteiger partial charge in [0.25, 0.3) is 0 Å². The van der Waals surface area contributed by atoms with Gasteiger partial charge in [-0.15, -0.1) is 0 Å². The standard InChI is InChI=1S/C20H37N5O3/c1-9-21-18(23-12-16-10-17(14(2)3)24-28-16)22-11-15(4)13-25(8)19(26)27-20(5,6)7/h10,14-15H,9,11-13H2,1-8H3,(H2,21,22,23). The van der Waals surface area contributed by atoms with Crippen LogP contribution in [0.3, 0.4) is 0 Å². The highest BCUT2D eigenvalue weighted by Crippen LogP contribution is 2.14. The third kappa shape index (κ3) is 9.10. The maximum absolute atomic E-state index is 12.1. The van der Waals surface area contributed by atoms with E-state index in [-0.39, 0.29) is 12.0 Å². The molecule has 0 aliphatic carbocycles. The Morgan fingerprint density at radius 1 is 1.32 bits per heavy atom. The van der Waals surface area contributed by atoms with Crippen LogP contribution in [-0.2, 0) is 11.3 Å². The molecule has 8 heteroatoms. The molecule has 2 N–H and O–H groups in total. The molecule has 1 atom stereocenters. The van der Waals surface area contributed by atoms with Crippen molar-refractivity contribution in [1.82, 2.24) is 20.7 Å². The number of nitrogens with one attached hydrogen (secondary N) is 2. The summed E-state index contributed by atoms with van der Waals surface area (Å²) in [6.45, 7) is 16.3. The molecule has 0 aliphatic heterocycles. The molecule has 0 saturated heterocycles. The van der Waals surface area contributed by atoms with Gasteiger partial charge in [-0.05, 0) is 39.5 Å².